The van der Waals surface area contributed by atoms with E-state index in [2.05, 4.69) is 10.4 Å². The van der Waals surface area contributed by atoms with Gasteiger partial charge in [-0.05, 0) is 36.8 Å². The Kier molecular flexibility index (Phi) is 5.27. The van der Waals surface area contributed by atoms with E-state index in [0.29, 0.717) is 16.7 Å². The van der Waals surface area contributed by atoms with Crippen LogP contribution in [0.4, 0.5) is 8.78 Å². The summed E-state index contributed by atoms with van der Waals surface area (Å²) in [7, 11) is 0. The number of nitrogens with zero attached hydrogens (tertiary/aromatic N) is 2. The molecule has 6 nitrogen and oxygen atoms in total. The number of halogens is 2. The predicted molar refractivity (Wildman–Crippen MR) is 97.8 cm³/mol. The summed E-state index contributed by atoms with van der Waals surface area (Å²) < 4.78 is 27.6. The molecule has 0 fully saturated rings. The topological polar surface area (TPSA) is 90.0 Å². The van der Waals surface area contributed by atoms with Crippen molar-refractivity contribution in [1.29, 1.82) is 0 Å². The first kappa shape index (κ1) is 18.7. The van der Waals surface area contributed by atoms with Crippen LogP contribution in [0.5, 0.6) is 0 Å². The highest BCUT2D eigenvalue weighted by molar-refractivity contribution is 5.86. The summed E-state index contributed by atoms with van der Waals surface area (Å²) in [4.78, 5) is 29.5. The van der Waals surface area contributed by atoms with E-state index >= 15 is 0 Å². The van der Waals surface area contributed by atoms with E-state index in [9.17, 15) is 18.4 Å². The lowest BCUT2D eigenvalue weighted by atomic mass is 10.1. The van der Waals surface area contributed by atoms with E-state index in [-0.39, 0.29) is 24.4 Å². The third kappa shape index (κ3) is 4.35. The first-order chi connectivity index (χ1) is 12.8. The van der Waals surface area contributed by atoms with Crippen LogP contribution in [-0.2, 0) is 17.6 Å². The molecule has 8 heteroatoms. The predicted octanol–water partition coefficient (Wildman–Crippen LogP) is 1.88. The highest BCUT2D eigenvalue weighted by Crippen LogP contribution is 2.10. The number of hydrogen-bond acceptors (Lipinski definition) is 4. The number of para-hydroxylation sites is 1. The second-order valence-corrected chi connectivity index (χ2v) is 6.36. The zero-order chi connectivity index (χ0) is 19.6. The molecule has 140 valence electrons. The lowest BCUT2D eigenvalue weighted by Crippen LogP contribution is -2.38. The molecule has 1 aromatic heterocycles. The summed E-state index contributed by atoms with van der Waals surface area (Å²) in [5.41, 5.74) is 8.49. The second kappa shape index (κ2) is 7.63. The molecule has 1 atom stereocenters. The third-order valence-corrected chi connectivity index (χ3v) is 3.87. The molecule has 1 unspecified atom stereocenters. The maximum atomic E-state index is 13.3. The van der Waals surface area contributed by atoms with Crippen LogP contribution in [0, 0.1) is 11.6 Å². The van der Waals surface area contributed by atoms with Gasteiger partial charge >= 0.3 is 0 Å². The van der Waals surface area contributed by atoms with E-state index in [1.165, 1.54) is 0 Å². The summed E-state index contributed by atoms with van der Waals surface area (Å²) in [6, 6.07) is 9.30. The van der Waals surface area contributed by atoms with Crippen LogP contribution >= 0.6 is 0 Å². The van der Waals surface area contributed by atoms with Crippen LogP contribution in [0.25, 0.3) is 10.9 Å². The molecule has 3 N–H and O–H groups in total. The maximum Gasteiger partial charge on any atom is 0.280 e. The zero-order valence-corrected chi connectivity index (χ0v) is 14.6. The minimum Gasteiger partial charge on any atom is -0.328 e. The Bertz CT molecular complexity index is 1040. The van der Waals surface area contributed by atoms with Gasteiger partial charge in [0.1, 0.15) is 17.5 Å². The van der Waals surface area contributed by atoms with Gasteiger partial charge in [0, 0.05) is 18.5 Å². The fraction of sp³-hybridized carbons (Fsp3) is 0.211. The Morgan fingerprint density at radius 3 is 2.56 bits per heavy atom. The molecule has 0 bridgehead atoms. The van der Waals surface area contributed by atoms with E-state index in [1.807, 2.05) is 0 Å². The molecule has 2 aromatic carbocycles. The quantitative estimate of drug-likeness (QED) is 0.716. The van der Waals surface area contributed by atoms with Crippen LogP contribution in [0.3, 0.4) is 0 Å². The minimum absolute atomic E-state index is 0.153. The van der Waals surface area contributed by atoms with Gasteiger partial charge in [0.05, 0.1) is 17.3 Å². The molecule has 3 rings (SSSR count). The van der Waals surface area contributed by atoms with Gasteiger partial charge in [-0.25, -0.2) is 18.4 Å². The molecule has 0 spiro atoms. The SMILES string of the molecule is CC(N)Cc1nc2ccccc2c(=O)n1NC(=O)Cc1cc(F)cc(F)c1. The van der Waals surface area contributed by atoms with Crippen LogP contribution in [-0.4, -0.2) is 21.6 Å². The van der Waals surface area contributed by atoms with Crippen LogP contribution in [0.1, 0.15) is 18.3 Å². The number of nitrogens with one attached hydrogen (secondary N) is 1. The monoisotopic (exact) mass is 372 g/mol. The van der Waals surface area contributed by atoms with Crippen molar-refractivity contribution in [2.45, 2.75) is 25.8 Å². The molecule has 27 heavy (non-hydrogen) atoms. The van der Waals surface area contributed by atoms with Gasteiger partial charge in [0.15, 0.2) is 0 Å². The highest BCUT2D eigenvalue weighted by Gasteiger charge is 2.15. The van der Waals surface area contributed by atoms with Gasteiger partial charge in [0.25, 0.3) is 5.56 Å². The average molecular weight is 372 g/mol. The Labute approximate surface area is 153 Å². The average Bonchev–Trinajstić information content (AvgIpc) is 2.57. The lowest BCUT2D eigenvalue weighted by Gasteiger charge is -2.15. The van der Waals surface area contributed by atoms with E-state index in [1.54, 1.807) is 31.2 Å². The summed E-state index contributed by atoms with van der Waals surface area (Å²) in [5.74, 6) is -1.86. The summed E-state index contributed by atoms with van der Waals surface area (Å²) in [6.45, 7) is 1.75. The Balaban J connectivity index is 1.95. The number of amides is 1. The number of hydrogen-bond donors (Lipinski definition) is 2. The molecule has 0 radical (unpaired) electrons. The van der Waals surface area contributed by atoms with Gasteiger partial charge in [0.2, 0.25) is 5.91 Å². The van der Waals surface area contributed by atoms with Crippen molar-refractivity contribution in [2.24, 2.45) is 5.73 Å². The fourth-order valence-corrected chi connectivity index (χ4v) is 2.78. The number of rotatable bonds is 5. The largest absolute Gasteiger partial charge is 0.328 e. The normalized spacial score (nSPS) is 12.1. The van der Waals surface area contributed by atoms with Crippen molar-refractivity contribution in [3.8, 4) is 0 Å². The Hall–Kier alpha value is -3.13. The Morgan fingerprint density at radius 1 is 1.22 bits per heavy atom. The molecule has 3 aromatic rings. The van der Waals surface area contributed by atoms with Crippen molar-refractivity contribution >= 4 is 16.8 Å². The van der Waals surface area contributed by atoms with E-state index in [4.69, 9.17) is 5.73 Å². The maximum absolute atomic E-state index is 13.3. The van der Waals surface area contributed by atoms with Crippen molar-refractivity contribution in [2.75, 3.05) is 5.43 Å². The van der Waals surface area contributed by atoms with E-state index < -0.39 is 23.1 Å². The smallest absolute Gasteiger partial charge is 0.280 e. The van der Waals surface area contributed by atoms with Gasteiger partial charge < -0.3 is 5.73 Å². The number of aromatic nitrogens is 2. The Morgan fingerprint density at radius 2 is 1.89 bits per heavy atom. The molecular weight excluding hydrogens is 354 g/mol. The van der Waals surface area contributed by atoms with Gasteiger partial charge in [-0.2, -0.15) is 0 Å². The van der Waals surface area contributed by atoms with Gasteiger partial charge in [-0.3, -0.25) is 15.0 Å². The number of benzene rings is 2. The van der Waals surface area contributed by atoms with Crippen molar-refractivity contribution in [1.82, 2.24) is 9.66 Å². The highest BCUT2D eigenvalue weighted by atomic mass is 19.1. The first-order valence-electron chi connectivity index (χ1n) is 8.34. The standard InChI is InChI=1S/C19H18F2N4O2/c1-11(22)6-17-23-16-5-3-2-4-15(16)19(27)25(17)24-18(26)9-12-7-13(20)10-14(21)8-12/h2-5,7-8,10-11H,6,9,22H2,1H3,(H,24,26). The van der Waals surface area contributed by atoms with Crippen LogP contribution < -0.4 is 16.7 Å². The van der Waals surface area contributed by atoms with Gasteiger partial charge in [-0.15, -0.1) is 0 Å². The summed E-state index contributed by atoms with van der Waals surface area (Å²) in [5, 5.41) is 0.336. The molecule has 1 amide bonds. The molecule has 0 saturated heterocycles. The number of fused-ring (bicyclic) bond motifs is 1. The number of nitrogens with two attached hydrogens (primary N) is 1. The minimum atomic E-state index is -0.778. The van der Waals surface area contributed by atoms with Gasteiger partial charge in [-0.1, -0.05) is 12.1 Å². The fourth-order valence-electron chi connectivity index (χ4n) is 2.78. The molecule has 0 aliphatic carbocycles. The molecule has 1 heterocycles. The van der Waals surface area contributed by atoms with E-state index in [0.717, 1.165) is 22.9 Å². The third-order valence-electron chi connectivity index (χ3n) is 3.87. The lowest BCUT2D eigenvalue weighted by molar-refractivity contribution is -0.116. The first-order valence-corrected chi connectivity index (χ1v) is 8.34. The molecule has 0 aliphatic heterocycles. The van der Waals surface area contributed by atoms with Crippen molar-refractivity contribution < 1.29 is 13.6 Å². The summed E-state index contributed by atoms with van der Waals surface area (Å²) in [6.07, 6.45) is -0.0412. The van der Waals surface area contributed by atoms with Crippen molar-refractivity contribution in [3.05, 3.63) is 75.8 Å². The molecule has 0 aliphatic rings. The molecular formula is C19H18F2N4O2. The number of carbonyl (C=O) groups is 1. The second-order valence-electron chi connectivity index (χ2n) is 6.36. The van der Waals surface area contributed by atoms with Crippen LogP contribution in [0.2, 0.25) is 0 Å². The zero-order valence-electron chi connectivity index (χ0n) is 14.6. The van der Waals surface area contributed by atoms with Crippen molar-refractivity contribution in [3.63, 3.8) is 0 Å². The van der Waals surface area contributed by atoms with Crippen LogP contribution in [0.15, 0.2) is 47.3 Å². The molecule has 0 saturated carbocycles. The summed E-state index contributed by atoms with van der Waals surface area (Å²) >= 11 is 0. The number of carbonyl (C=O) groups excluding carboxylic acids is 1.